The van der Waals surface area contributed by atoms with Crippen LogP contribution in [0.15, 0.2) is 18.2 Å². The Balaban J connectivity index is 2.14. The fourth-order valence-electron chi connectivity index (χ4n) is 2.92. The van der Waals surface area contributed by atoms with Crippen LogP contribution in [-0.2, 0) is 0 Å². The Hall–Kier alpha value is -1.78. The number of rotatable bonds is 5. The molecule has 1 fully saturated rings. The number of methoxy groups -OCH3 is 1. The quantitative estimate of drug-likeness (QED) is 0.653. The Labute approximate surface area is 119 Å². The Morgan fingerprint density at radius 2 is 2.25 bits per heavy atom. The first-order valence-electron chi connectivity index (χ1n) is 7.23. The van der Waals surface area contributed by atoms with Gasteiger partial charge in [0.15, 0.2) is 0 Å². The number of hydrogen-bond donors (Lipinski definition) is 1. The maximum Gasteiger partial charge on any atom is 0.296 e. The summed E-state index contributed by atoms with van der Waals surface area (Å²) in [5.74, 6) is 1.25. The highest BCUT2D eigenvalue weighted by molar-refractivity contribution is 5.64. The number of nitrogens with one attached hydrogen (secondary N) is 1. The van der Waals surface area contributed by atoms with Crippen molar-refractivity contribution in [1.82, 2.24) is 0 Å². The maximum atomic E-state index is 11.2. The second-order valence-corrected chi connectivity index (χ2v) is 5.42. The molecule has 1 aromatic carbocycles. The van der Waals surface area contributed by atoms with Crippen molar-refractivity contribution in [3.05, 3.63) is 28.3 Å². The van der Waals surface area contributed by atoms with Gasteiger partial charge in [0.1, 0.15) is 11.4 Å². The van der Waals surface area contributed by atoms with Gasteiger partial charge < -0.3 is 10.1 Å². The van der Waals surface area contributed by atoms with Crippen LogP contribution in [0.1, 0.15) is 39.0 Å². The van der Waals surface area contributed by atoms with E-state index in [4.69, 9.17) is 4.74 Å². The molecule has 1 saturated carbocycles. The molecule has 1 aromatic rings. The van der Waals surface area contributed by atoms with E-state index in [1.54, 1.807) is 12.1 Å². The highest BCUT2D eigenvalue weighted by Gasteiger charge is 2.23. The molecule has 1 N–H and O–H groups in total. The third-order valence-electron chi connectivity index (χ3n) is 4.12. The molecule has 0 heterocycles. The van der Waals surface area contributed by atoms with Gasteiger partial charge in [-0.25, -0.2) is 0 Å². The van der Waals surface area contributed by atoms with Gasteiger partial charge in [0.05, 0.1) is 18.1 Å². The molecule has 2 unspecified atom stereocenters. The third kappa shape index (κ3) is 3.40. The van der Waals surface area contributed by atoms with Crippen molar-refractivity contribution in [2.45, 2.75) is 45.1 Å². The molecule has 1 aliphatic carbocycles. The van der Waals surface area contributed by atoms with Crippen LogP contribution in [0, 0.1) is 16.0 Å². The summed E-state index contributed by atoms with van der Waals surface area (Å²) in [6, 6.07) is 5.31. The van der Waals surface area contributed by atoms with Gasteiger partial charge in [-0.3, -0.25) is 10.1 Å². The fraction of sp³-hybridized carbons (Fsp3) is 0.600. The van der Waals surface area contributed by atoms with Crippen molar-refractivity contribution in [2.24, 2.45) is 5.92 Å². The van der Waals surface area contributed by atoms with E-state index in [0.717, 1.165) is 18.8 Å². The van der Waals surface area contributed by atoms with Crippen LogP contribution in [0.3, 0.4) is 0 Å². The summed E-state index contributed by atoms with van der Waals surface area (Å²) in [5, 5.41) is 14.5. The van der Waals surface area contributed by atoms with Crippen LogP contribution >= 0.6 is 0 Å². The van der Waals surface area contributed by atoms with Crippen molar-refractivity contribution >= 4 is 11.4 Å². The molecular formula is C15H22N2O3. The van der Waals surface area contributed by atoms with Crippen molar-refractivity contribution in [3.63, 3.8) is 0 Å². The lowest BCUT2D eigenvalue weighted by Crippen LogP contribution is -2.27. The highest BCUT2D eigenvalue weighted by atomic mass is 16.6. The number of hydrogen-bond acceptors (Lipinski definition) is 4. The van der Waals surface area contributed by atoms with Crippen LogP contribution in [-0.4, -0.2) is 18.1 Å². The molecule has 0 bridgehead atoms. The number of benzene rings is 1. The van der Waals surface area contributed by atoms with E-state index in [0.29, 0.717) is 17.5 Å². The van der Waals surface area contributed by atoms with Gasteiger partial charge in [0.2, 0.25) is 0 Å². The van der Waals surface area contributed by atoms with Crippen molar-refractivity contribution < 1.29 is 9.66 Å². The number of ether oxygens (including phenoxy) is 1. The van der Waals surface area contributed by atoms with Crippen LogP contribution in [0.4, 0.5) is 11.4 Å². The summed E-state index contributed by atoms with van der Waals surface area (Å²) in [7, 11) is 1.51. The van der Waals surface area contributed by atoms with Gasteiger partial charge in [0, 0.05) is 6.04 Å². The van der Waals surface area contributed by atoms with Crippen molar-refractivity contribution in [2.75, 3.05) is 12.4 Å². The summed E-state index contributed by atoms with van der Waals surface area (Å²) in [4.78, 5) is 10.8. The summed E-state index contributed by atoms with van der Waals surface area (Å²) in [6.07, 6.45) is 5.84. The summed E-state index contributed by atoms with van der Waals surface area (Å²) >= 11 is 0. The molecule has 0 aromatic heterocycles. The zero-order chi connectivity index (χ0) is 14.5. The van der Waals surface area contributed by atoms with E-state index in [1.165, 1.54) is 32.4 Å². The van der Waals surface area contributed by atoms with E-state index < -0.39 is 0 Å². The minimum absolute atomic E-state index is 0.0861. The molecule has 2 atom stereocenters. The molecule has 110 valence electrons. The van der Waals surface area contributed by atoms with Crippen LogP contribution in [0.2, 0.25) is 0 Å². The number of nitrogens with zero attached hydrogens (tertiary/aromatic N) is 1. The van der Waals surface area contributed by atoms with Crippen LogP contribution in [0.5, 0.6) is 5.75 Å². The molecule has 5 heteroatoms. The predicted molar refractivity (Wildman–Crippen MR) is 79.3 cm³/mol. The molecule has 0 aliphatic heterocycles. The lowest BCUT2D eigenvalue weighted by atomic mass is 9.84. The highest BCUT2D eigenvalue weighted by Crippen LogP contribution is 2.33. The molecule has 2 rings (SSSR count). The molecule has 5 nitrogen and oxygen atoms in total. The van der Waals surface area contributed by atoms with E-state index in [2.05, 4.69) is 12.2 Å². The topological polar surface area (TPSA) is 64.4 Å². The maximum absolute atomic E-state index is 11.2. The Bertz CT molecular complexity index is 476. The van der Waals surface area contributed by atoms with Crippen molar-refractivity contribution in [3.8, 4) is 5.75 Å². The first kappa shape index (κ1) is 14.6. The molecular weight excluding hydrogens is 256 g/mol. The van der Waals surface area contributed by atoms with Gasteiger partial charge in [-0.2, -0.15) is 0 Å². The second kappa shape index (κ2) is 6.59. The Morgan fingerprint density at radius 1 is 1.45 bits per heavy atom. The van der Waals surface area contributed by atoms with Gasteiger partial charge in [-0.15, -0.1) is 0 Å². The zero-order valence-electron chi connectivity index (χ0n) is 12.1. The average Bonchev–Trinajstić information content (AvgIpc) is 2.47. The largest absolute Gasteiger partial charge is 0.496 e. The summed E-state index contributed by atoms with van der Waals surface area (Å²) in [5.41, 5.74) is 0.681. The number of nitro benzene ring substituents is 1. The smallest absolute Gasteiger partial charge is 0.296 e. The molecule has 0 spiro atoms. The standard InChI is InChI=1S/C15H22N2O3/c1-3-11-5-4-6-12(9-11)16-14-8-7-13(20-2)10-15(14)17(18)19/h7-8,10-12,16H,3-6,9H2,1-2H3. The lowest BCUT2D eigenvalue weighted by Gasteiger charge is -2.29. The normalized spacial score (nSPS) is 22.3. The minimum atomic E-state index is -0.356. The first-order valence-corrected chi connectivity index (χ1v) is 7.23. The molecule has 0 radical (unpaired) electrons. The lowest BCUT2D eigenvalue weighted by molar-refractivity contribution is -0.384. The number of anilines is 1. The first-order chi connectivity index (χ1) is 9.63. The third-order valence-corrected chi connectivity index (χ3v) is 4.12. The number of nitro groups is 1. The van der Waals surface area contributed by atoms with E-state index in [-0.39, 0.29) is 10.6 Å². The summed E-state index contributed by atoms with van der Waals surface area (Å²) < 4.78 is 5.05. The predicted octanol–water partition coefficient (Wildman–Crippen LogP) is 3.98. The molecule has 0 saturated heterocycles. The van der Waals surface area contributed by atoms with Gasteiger partial charge in [0.25, 0.3) is 5.69 Å². The van der Waals surface area contributed by atoms with Gasteiger partial charge >= 0.3 is 0 Å². The fourth-order valence-corrected chi connectivity index (χ4v) is 2.92. The van der Waals surface area contributed by atoms with E-state index in [1.807, 2.05) is 0 Å². The average molecular weight is 278 g/mol. The molecule has 20 heavy (non-hydrogen) atoms. The van der Waals surface area contributed by atoms with Gasteiger partial charge in [-0.05, 0) is 30.9 Å². The van der Waals surface area contributed by atoms with E-state index >= 15 is 0 Å². The molecule has 1 aliphatic rings. The van der Waals surface area contributed by atoms with Crippen molar-refractivity contribution in [1.29, 1.82) is 0 Å². The second-order valence-electron chi connectivity index (χ2n) is 5.42. The summed E-state index contributed by atoms with van der Waals surface area (Å²) in [6.45, 7) is 2.21. The van der Waals surface area contributed by atoms with E-state index in [9.17, 15) is 10.1 Å². The Morgan fingerprint density at radius 3 is 2.90 bits per heavy atom. The Kier molecular flexibility index (Phi) is 4.82. The monoisotopic (exact) mass is 278 g/mol. The van der Waals surface area contributed by atoms with Crippen LogP contribution < -0.4 is 10.1 Å². The zero-order valence-corrected chi connectivity index (χ0v) is 12.1. The van der Waals surface area contributed by atoms with Gasteiger partial charge in [-0.1, -0.05) is 26.2 Å². The van der Waals surface area contributed by atoms with Crippen LogP contribution in [0.25, 0.3) is 0 Å². The minimum Gasteiger partial charge on any atom is -0.496 e. The SMILES string of the molecule is CCC1CCCC(Nc2ccc(OC)cc2[N+](=O)[O-])C1. The molecule has 0 amide bonds.